The molecule has 1 aromatic heterocycles. The first-order chi connectivity index (χ1) is 21.0. The van der Waals surface area contributed by atoms with Crippen LogP contribution in [0.2, 0.25) is 5.02 Å². The number of fused-ring (bicyclic) bond motifs is 2. The maximum atomic E-state index is 13.5. The Kier molecular flexibility index (Phi) is 8.48. The van der Waals surface area contributed by atoms with E-state index in [1.165, 1.54) is 4.90 Å². The molecule has 44 heavy (non-hydrogen) atoms. The fourth-order valence-electron chi connectivity index (χ4n) is 5.88. The largest absolute Gasteiger partial charge is 0.451 e. The van der Waals surface area contributed by atoms with Crippen molar-refractivity contribution < 1.29 is 23.9 Å². The fourth-order valence-corrected chi connectivity index (χ4v) is 7.28. The molecular weight excluding hydrogens is 712 g/mol. The van der Waals surface area contributed by atoms with Crippen LogP contribution in [0.5, 0.6) is 0 Å². The molecule has 5 unspecified atom stereocenters. The second-order valence-electron chi connectivity index (χ2n) is 11.3. The summed E-state index contributed by atoms with van der Waals surface area (Å²) in [5, 5.41) is 0.913. The van der Waals surface area contributed by atoms with Gasteiger partial charge in [-0.2, -0.15) is 0 Å². The van der Waals surface area contributed by atoms with Crippen molar-refractivity contribution in [2.45, 2.75) is 42.4 Å². The lowest BCUT2D eigenvalue weighted by Crippen LogP contribution is -2.34. The number of halogens is 3. The molecule has 4 aromatic rings. The standard InChI is InChI=1S/C34H27Br2ClN2O5/c1-17-3-5-20(6-4-17)31(40)18(2)44-34(43)26-16-30(38-29-12-9-21(37)13-23(26)29)19-7-10-22(11-8-19)39-32(41)24-14-27(35)28(36)15-25(24)33(39)42/h3-13,16,18,24-25,27-28H,14-15H2,1-2H3. The molecule has 1 saturated heterocycles. The average Bonchev–Trinajstić information content (AvgIpc) is 3.24. The molecule has 1 aliphatic heterocycles. The number of amides is 2. The molecule has 1 aliphatic carbocycles. The molecular formula is C34H27Br2ClN2O5. The number of imide groups is 1. The molecule has 10 heteroatoms. The van der Waals surface area contributed by atoms with Gasteiger partial charge in [0.1, 0.15) is 0 Å². The van der Waals surface area contributed by atoms with Gasteiger partial charge in [-0.05, 0) is 63.1 Å². The van der Waals surface area contributed by atoms with Crippen LogP contribution in [0.4, 0.5) is 5.69 Å². The molecule has 7 nitrogen and oxygen atoms in total. The van der Waals surface area contributed by atoms with Gasteiger partial charge < -0.3 is 4.74 Å². The van der Waals surface area contributed by atoms with Gasteiger partial charge in [0.2, 0.25) is 17.6 Å². The van der Waals surface area contributed by atoms with Crippen molar-refractivity contribution in [1.82, 2.24) is 4.98 Å². The van der Waals surface area contributed by atoms with Crippen LogP contribution < -0.4 is 4.90 Å². The van der Waals surface area contributed by atoms with Crippen LogP contribution in [0.15, 0.2) is 72.8 Å². The predicted octanol–water partition coefficient (Wildman–Crippen LogP) is 7.72. The monoisotopic (exact) mass is 736 g/mol. The molecule has 0 radical (unpaired) electrons. The second-order valence-corrected chi connectivity index (χ2v) is 14.1. The van der Waals surface area contributed by atoms with E-state index in [9.17, 15) is 19.2 Å². The van der Waals surface area contributed by atoms with Gasteiger partial charge >= 0.3 is 5.97 Å². The Labute approximate surface area is 276 Å². The number of aromatic nitrogens is 1. The molecule has 2 heterocycles. The highest BCUT2D eigenvalue weighted by atomic mass is 79.9. The number of ketones is 1. The number of nitrogens with zero attached hydrogens (tertiary/aromatic N) is 2. The van der Waals surface area contributed by atoms with Crippen LogP contribution in [0.1, 0.15) is 46.0 Å². The summed E-state index contributed by atoms with van der Waals surface area (Å²) in [6.07, 6.45) is 0.173. The maximum Gasteiger partial charge on any atom is 0.339 e. The molecule has 2 aliphatic rings. The number of aryl methyl sites for hydroxylation is 1. The van der Waals surface area contributed by atoms with Gasteiger partial charge in [-0.1, -0.05) is 85.4 Å². The van der Waals surface area contributed by atoms with Crippen LogP contribution in [0.3, 0.4) is 0 Å². The second kappa shape index (κ2) is 12.2. The Morgan fingerprint density at radius 2 is 1.52 bits per heavy atom. The Balaban J connectivity index is 1.29. The number of Topliss-reactive ketones (excluding diaryl/α,β-unsaturated/α-hetero) is 1. The minimum atomic E-state index is -1.02. The third kappa shape index (κ3) is 5.73. The molecule has 3 aromatic carbocycles. The lowest BCUT2D eigenvalue weighted by atomic mass is 9.81. The number of rotatable bonds is 6. The lowest BCUT2D eigenvalue weighted by Gasteiger charge is -2.29. The van der Waals surface area contributed by atoms with Gasteiger partial charge in [0.05, 0.1) is 34.3 Å². The molecule has 224 valence electrons. The van der Waals surface area contributed by atoms with Crippen molar-refractivity contribution >= 4 is 83.6 Å². The first-order valence-corrected chi connectivity index (χ1v) is 16.4. The summed E-state index contributed by atoms with van der Waals surface area (Å²) >= 11 is 13.5. The summed E-state index contributed by atoms with van der Waals surface area (Å²) in [5.74, 6) is -2.05. The fraction of sp³-hybridized carbons (Fsp3) is 0.265. The number of hydrogen-bond donors (Lipinski definition) is 0. The number of alkyl halides is 2. The lowest BCUT2D eigenvalue weighted by molar-refractivity contribution is -0.122. The Hall–Kier alpha value is -3.40. The van der Waals surface area contributed by atoms with Crippen LogP contribution in [0.25, 0.3) is 22.2 Å². The first-order valence-electron chi connectivity index (χ1n) is 14.2. The van der Waals surface area contributed by atoms with Gasteiger partial charge in [0.25, 0.3) is 0 Å². The number of anilines is 1. The number of ether oxygens (including phenoxy) is 1. The third-order valence-corrected chi connectivity index (χ3v) is 11.3. The Morgan fingerprint density at radius 3 is 2.14 bits per heavy atom. The third-order valence-electron chi connectivity index (χ3n) is 8.31. The molecule has 6 rings (SSSR count). The minimum absolute atomic E-state index is 0.126. The summed E-state index contributed by atoms with van der Waals surface area (Å²) in [4.78, 5) is 59.3. The van der Waals surface area contributed by atoms with E-state index < -0.39 is 12.1 Å². The molecule has 0 N–H and O–H groups in total. The van der Waals surface area contributed by atoms with Gasteiger partial charge in [-0.15, -0.1) is 0 Å². The molecule has 5 atom stereocenters. The van der Waals surface area contributed by atoms with Crippen molar-refractivity contribution in [2.24, 2.45) is 11.8 Å². The number of hydrogen-bond acceptors (Lipinski definition) is 6. The molecule has 0 spiro atoms. The number of esters is 1. The van der Waals surface area contributed by atoms with Crippen LogP contribution >= 0.6 is 43.5 Å². The predicted molar refractivity (Wildman–Crippen MR) is 177 cm³/mol. The van der Waals surface area contributed by atoms with E-state index in [1.54, 1.807) is 67.6 Å². The van der Waals surface area contributed by atoms with Gasteiger partial charge in [-0.3, -0.25) is 19.3 Å². The summed E-state index contributed by atoms with van der Waals surface area (Å²) in [6, 6.07) is 20.7. The zero-order chi connectivity index (χ0) is 31.3. The van der Waals surface area contributed by atoms with E-state index in [0.717, 1.165) is 5.56 Å². The van der Waals surface area contributed by atoms with Crippen LogP contribution in [-0.2, 0) is 14.3 Å². The van der Waals surface area contributed by atoms with Gasteiger partial charge in [0.15, 0.2) is 6.10 Å². The van der Waals surface area contributed by atoms with E-state index in [1.807, 2.05) is 19.1 Å². The van der Waals surface area contributed by atoms with E-state index in [0.29, 0.717) is 51.3 Å². The zero-order valence-electron chi connectivity index (χ0n) is 23.8. The van der Waals surface area contributed by atoms with Gasteiger partial charge in [0, 0.05) is 31.2 Å². The summed E-state index contributed by atoms with van der Waals surface area (Å²) in [7, 11) is 0. The summed E-state index contributed by atoms with van der Waals surface area (Å²) < 4.78 is 5.65. The van der Waals surface area contributed by atoms with Crippen molar-refractivity contribution in [3.05, 3.63) is 94.5 Å². The van der Waals surface area contributed by atoms with Crippen molar-refractivity contribution in [2.75, 3.05) is 4.90 Å². The number of carbonyl (C=O) groups excluding carboxylic acids is 4. The Bertz CT molecular complexity index is 1780. The van der Waals surface area contributed by atoms with Crippen molar-refractivity contribution in [3.8, 4) is 11.3 Å². The highest BCUT2D eigenvalue weighted by Crippen LogP contribution is 2.44. The summed E-state index contributed by atoms with van der Waals surface area (Å²) in [5.41, 5.74) is 3.84. The van der Waals surface area contributed by atoms with E-state index in [2.05, 4.69) is 31.9 Å². The molecule has 2 fully saturated rings. The van der Waals surface area contributed by atoms with Crippen LogP contribution in [0, 0.1) is 18.8 Å². The van der Waals surface area contributed by atoms with E-state index >= 15 is 0 Å². The average molecular weight is 739 g/mol. The van der Waals surface area contributed by atoms with Crippen molar-refractivity contribution in [1.29, 1.82) is 0 Å². The number of pyridine rings is 1. The molecule has 0 bridgehead atoms. The smallest absolute Gasteiger partial charge is 0.339 e. The molecule has 1 saturated carbocycles. The number of carbonyl (C=O) groups is 4. The summed E-state index contributed by atoms with van der Waals surface area (Å²) in [6.45, 7) is 3.47. The SMILES string of the molecule is Cc1ccc(C(=O)C(C)OC(=O)c2cc(-c3ccc(N4C(=O)C5CC(Br)C(Br)CC5C4=O)cc3)nc3ccc(Cl)cc23)cc1. The quantitative estimate of drug-likeness (QED) is 0.0871. The molecule has 2 amide bonds. The van der Waals surface area contributed by atoms with Gasteiger partial charge in [-0.25, -0.2) is 9.78 Å². The topological polar surface area (TPSA) is 93.6 Å². The zero-order valence-corrected chi connectivity index (χ0v) is 27.7. The Morgan fingerprint density at radius 1 is 0.909 bits per heavy atom. The minimum Gasteiger partial charge on any atom is -0.451 e. The number of benzene rings is 3. The highest BCUT2D eigenvalue weighted by molar-refractivity contribution is 9.12. The van der Waals surface area contributed by atoms with E-state index in [-0.39, 0.29) is 44.7 Å². The van der Waals surface area contributed by atoms with E-state index in [4.69, 9.17) is 21.3 Å². The van der Waals surface area contributed by atoms with Crippen molar-refractivity contribution in [3.63, 3.8) is 0 Å². The van der Waals surface area contributed by atoms with Crippen LogP contribution in [-0.4, -0.2) is 44.3 Å². The highest BCUT2D eigenvalue weighted by Gasteiger charge is 2.52. The first kappa shape index (κ1) is 30.6. The maximum absolute atomic E-state index is 13.5. The normalized spacial score (nSPS) is 22.2.